The van der Waals surface area contributed by atoms with Crippen LogP contribution >= 0.6 is 12.6 Å². The van der Waals surface area contributed by atoms with E-state index in [4.69, 9.17) is 10.2 Å². The Kier molecular flexibility index (Phi) is 3.70. The van der Waals surface area contributed by atoms with Gasteiger partial charge in [0.1, 0.15) is 0 Å². The number of thiol groups is 1. The monoisotopic (exact) mass is 166 g/mol. The largest absolute Gasteiger partial charge is 0.408 e. The van der Waals surface area contributed by atoms with Crippen LogP contribution in [0.4, 0.5) is 0 Å². The maximum atomic E-state index is 10.4. The van der Waals surface area contributed by atoms with Crippen molar-refractivity contribution in [2.45, 2.75) is 19.3 Å². The number of ether oxygens (including phenoxy) is 1. The highest BCUT2D eigenvalue weighted by Crippen LogP contribution is 2.06. The quantitative estimate of drug-likeness (QED) is 0.300. The van der Waals surface area contributed by atoms with Crippen molar-refractivity contribution in [2.24, 2.45) is 0 Å². The zero-order valence-electron chi connectivity index (χ0n) is 5.57. The van der Waals surface area contributed by atoms with Gasteiger partial charge in [0.2, 0.25) is 0 Å². The second kappa shape index (κ2) is 3.80. The molecule has 10 heavy (non-hydrogen) atoms. The van der Waals surface area contributed by atoms with Gasteiger partial charge in [-0.3, -0.25) is 4.79 Å². The Morgan fingerprint density at radius 3 is 2.50 bits per heavy atom. The molecule has 4 nitrogen and oxygen atoms in total. The molecule has 0 saturated heterocycles. The Morgan fingerprint density at radius 2 is 2.20 bits per heavy atom. The second-order valence-electron chi connectivity index (χ2n) is 1.73. The minimum Gasteiger partial charge on any atom is -0.408 e. The smallest absolute Gasteiger partial charge is 0.324 e. The average Bonchev–Trinajstić information content (AvgIpc) is 1.87. The van der Waals surface area contributed by atoms with E-state index in [1.165, 1.54) is 6.92 Å². The first-order chi connectivity index (χ1) is 4.52. The molecule has 0 aliphatic carbocycles. The summed E-state index contributed by atoms with van der Waals surface area (Å²) in [5, 5.41) is 17.4. The number of hydrogen-bond donors (Lipinski definition) is 3. The summed E-state index contributed by atoms with van der Waals surface area (Å²) < 4.78 is 4.13. The Labute approximate surface area is 64.2 Å². The summed E-state index contributed by atoms with van der Waals surface area (Å²) in [6.45, 7) is 1.48. The standard InChI is InChI=1S/C5H10O4S/c1-2-5(7,8)9-4(6)3-10/h7-8,10H,2-3H2,1H3. The predicted molar refractivity (Wildman–Crippen MR) is 37.4 cm³/mol. The van der Waals surface area contributed by atoms with Crippen molar-refractivity contribution >= 4 is 18.6 Å². The van der Waals surface area contributed by atoms with Crippen LogP contribution in [0.2, 0.25) is 0 Å². The van der Waals surface area contributed by atoms with Gasteiger partial charge in [0.25, 0.3) is 0 Å². The third kappa shape index (κ3) is 3.71. The molecule has 0 aliphatic heterocycles. The lowest BCUT2D eigenvalue weighted by atomic mass is 10.4. The summed E-state index contributed by atoms with van der Waals surface area (Å²) in [5.41, 5.74) is 0. The Hall–Kier alpha value is -0.260. The van der Waals surface area contributed by atoms with Gasteiger partial charge >= 0.3 is 11.9 Å². The van der Waals surface area contributed by atoms with Crippen molar-refractivity contribution in [3.63, 3.8) is 0 Å². The van der Waals surface area contributed by atoms with Gasteiger partial charge in [-0.2, -0.15) is 12.6 Å². The molecular weight excluding hydrogens is 156 g/mol. The number of carbonyl (C=O) groups is 1. The van der Waals surface area contributed by atoms with Crippen molar-refractivity contribution in [3.05, 3.63) is 0 Å². The average molecular weight is 166 g/mol. The summed E-state index contributed by atoms with van der Waals surface area (Å²) in [6.07, 6.45) is -0.0630. The van der Waals surface area contributed by atoms with Gasteiger partial charge in [0.15, 0.2) is 0 Å². The highest BCUT2D eigenvalue weighted by Gasteiger charge is 2.24. The molecule has 0 aromatic rings. The third-order valence-corrected chi connectivity index (χ3v) is 1.13. The summed E-state index contributed by atoms with van der Waals surface area (Å²) in [5.74, 6) is -3.25. The van der Waals surface area contributed by atoms with Crippen molar-refractivity contribution in [2.75, 3.05) is 5.75 Å². The van der Waals surface area contributed by atoms with E-state index in [2.05, 4.69) is 17.4 Å². The van der Waals surface area contributed by atoms with Gasteiger partial charge in [0.05, 0.1) is 5.75 Å². The maximum Gasteiger partial charge on any atom is 0.324 e. The Balaban J connectivity index is 3.76. The predicted octanol–water partition coefficient (Wildman–Crippen LogP) is -0.492. The lowest BCUT2D eigenvalue weighted by Crippen LogP contribution is -2.34. The molecule has 0 spiro atoms. The molecule has 0 aromatic heterocycles. The van der Waals surface area contributed by atoms with Crippen molar-refractivity contribution in [3.8, 4) is 0 Å². The molecule has 2 N–H and O–H groups in total. The highest BCUT2D eigenvalue weighted by atomic mass is 32.1. The second-order valence-corrected chi connectivity index (χ2v) is 2.05. The molecule has 0 radical (unpaired) electrons. The fourth-order valence-electron chi connectivity index (χ4n) is 0.287. The zero-order valence-corrected chi connectivity index (χ0v) is 6.47. The third-order valence-electron chi connectivity index (χ3n) is 0.867. The topological polar surface area (TPSA) is 66.8 Å². The van der Waals surface area contributed by atoms with Gasteiger partial charge in [-0.25, -0.2) is 0 Å². The fourth-order valence-corrected chi connectivity index (χ4v) is 0.351. The molecule has 0 aliphatic rings. The van der Waals surface area contributed by atoms with Gasteiger partial charge in [0, 0.05) is 6.42 Å². The molecule has 0 atom stereocenters. The molecule has 60 valence electrons. The van der Waals surface area contributed by atoms with Crippen molar-refractivity contribution in [1.29, 1.82) is 0 Å². The Bertz CT molecular complexity index is 123. The highest BCUT2D eigenvalue weighted by molar-refractivity contribution is 7.81. The van der Waals surface area contributed by atoms with E-state index in [0.717, 1.165) is 0 Å². The first kappa shape index (κ1) is 9.74. The molecule has 0 unspecified atom stereocenters. The SMILES string of the molecule is CCC(O)(O)OC(=O)CS. The van der Waals surface area contributed by atoms with Crippen LogP contribution in [-0.4, -0.2) is 27.9 Å². The van der Waals surface area contributed by atoms with E-state index in [1.807, 2.05) is 0 Å². The zero-order chi connectivity index (χ0) is 8.20. The van der Waals surface area contributed by atoms with E-state index < -0.39 is 11.9 Å². The first-order valence-corrected chi connectivity index (χ1v) is 3.42. The van der Waals surface area contributed by atoms with Crippen molar-refractivity contribution in [1.82, 2.24) is 0 Å². The van der Waals surface area contributed by atoms with Gasteiger partial charge < -0.3 is 14.9 Å². The number of rotatable bonds is 3. The summed E-state index contributed by atoms with van der Waals surface area (Å²) >= 11 is 3.57. The van der Waals surface area contributed by atoms with E-state index in [0.29, 0.717) is 0 Å². The first-order valence-electron chi connectivity index (χ1n) is 2.79. The fraction of sp³-hybridized carbons (Fsp3) is 0.800. The summed E-state index contributed by atoms with van der Waals surface area (Å²) in [4.78, 5) is 10.4. The Morgan fingerprint density at radius 1 is 1.70 bits per heavy atom. The normalized spacial score (nSPS) is 11.2. The van der Waals surface area contributed by atoms with E-state index in [1.54, 1.807) is 0 Å². The van der Waals surface area contributed by atoms with Crippen LogP contribution in [0.5, 0.6) is 0 Å². The van der Waals surface area contributed by atoms with E-state index in [-0.39, 0.29) is 12.2 Å². The minimum absolute atomic E-state index is 0.0630. The van der Waals surface area contributed by atoms with E-state index in [9.17, 15) is 4.79 Å². The number of carbonyl (C=O) groups excluding carboxylic acids is 1. The van der Waals surface area contributed by atoms with E-state index >= 15 is 0 Å². The molecule has 0 fully saturated rings. The molecule has 5 heteroatoms. The van der Waals surface area contributed by atoms with Crippen LogP contribution in [0, 0.1) is 0 Å². The molecule has 0 bridgehead atoms. The number of hydrogen-bond acceptors (Lipinski definition) is 5. The lowest BCUT2D eigenvalue weighted by molar-refractivity contribution is -0.318. The van der Waals surface area contributed by atoms with Gasteiger partial charge in [-0.1, -0.05) is 6.92 Å². The molecular formula is C5H10O4S. The van der Waals surface area contributed by atoms with Crippen LogP contribution in [-0.2, 0) is 9.53 Å². The maximum absolute atomic E-state index is 10.4. The molecule has 0 amide bonds. The van der Waals surface area contributed by atoms with Crippen LogP contribution in [0.3, 0.4) is 0 Å². The number of esters is 1. The molecule has 0 heterocycles. The molecule has 0 rings (SSSR count). The van der Waals surface area contributed by atoms with Crippen LogP contribution in [0.1, 0.15) is 13.3 Å². The van der Waals surface area contributed by atoms with Crippen LogP contribution in [0.15, 0.2) is 0 Å². The summed E-state index contributed by atoms with van der Waals surface area (Å²) in [6, 6.07) is 0. The van der Waals surface area contributed by atoms with Gasteiger partial charge in [-0.15, -0.1) is 0 Å². The summed E-state index contributed by atoms with van der Waals surface area (Å²) in [7, 11) is 0. The molecule has 0 aromatic carbocycles. The number of aliphatic hydroxyl groups is 2. The lowest BCUT2D eigenvalue weighted by Gasteiger charge is -2.18. The van der Waals surface area contributed by atoms with Crippen molar-refractivity contribution < 1.29 is 19.7 Å². The van der Waals surface area contributed by atoms with Crippen LogP contribution < -0.4 is 0 Å². The minimum atomic E-state index is -2.33. The van der Waals surface area contributed by atoms with Crippen LogP contribution in [0.25, 0.3) is 0 Å². The molecule has 0 saturated carbocycles. The van der Waals surface area contributed by atoms with Gasteiger partial charge in [-0.05, 0) is 0 Å².